The van der Waals surface area contributed by atoms with E-state index in [1.165, 1.54) is 0 Å². The van der Waals surface area contributed by atoms with Crippen LogP contribution in [0, 0.1) is 0 Å². The van der Waals surface area contributed by atoms with Crippen LogP contribution in [-0.4, -0.2) is 17.5 Å². The van der Waals surface area contributed by atoms with E-state index in [2.05, 4.69) is 185 Å². The van der Waals surface area contributed by atoms with Gasteiger partial charge in [0.1, 0.15) is 5.75 Å². The number of para-hydroxylation sites is 4. The smallest absolute Gasteiger partial charge is 0.124 e. The second-order valence-corrected chi connectivity index (χ2v) is 14.5. The Hall–Kier alpha value is -8.28. The van der Waals surface area contributed by atoms with Crippen molar-refractivity contribution in [1.82, 2.24) is 0 Å². The quantitative estimate of drug-likeness (QED) is 0.126. The number of phenolic OH excluding ortho intramolecular Hbond substituents is 1. The highest BCUT2D eigenvalue weighted by Crippen LogP contribution is 2.37. The summed E-state index contributed by atoms with van der Waals surface area (Å²) in [5, 5.41) is 10.7. The molecule has 0 amide bonds. The summed E-state index contributed by atoms with van der Waals surface area (Å²) in [4.78, 5) is 13.9. The first-order valence-corrected chi connectivity index (χ1v) is 20.3. The molecule has 0 aliphatic carbocycles. The lowest BCUT2D eigenvalue weighted by Crippen LogP contribution is -2.09. The van der Waals surface area contributed by atoms with Crippen LogP contribution in [0.3, 0.4) is 0 Å². The van der Waals surface area contributed by atoms with E-state index in [0.717, 1.165) is 73.3 Å². The minimum Gasteiger partial charge on any atom is -0.507 e. The Morgan fingerprint density at radius 1 is 0.311 bits per heavy atom. The summed E-state index contributed by atoms with van der Waals surface area (Å²) < 4.78 is 0. The molecule has 0 spiro atoms. The molecule has 0 atom stereocenters. The molecule has 0 aromatic heterocycles. The van der Waals surface area contributed by atoms with Crippen molar-refractivity contribution in [2.75, 3.05) is 9.80 Å². The van der Waals surface area contributed by atoms with E-state index in [1.54, 1.807) is 18.5 Å². The minimum atomic E-state index is 0.156. The molecule has 9 aromatic carbocycles. The highest BCUT2D eigenvalue weighted by molar-refractivity contribution is 5.91. The van der Waals surface area contributed by atoms with Gasteiger partial charge in [0.2, 0.25) is 0 Å². The van der Waals surface area contributed by atoms with Gasteiger partial charge in [0.15, 0.2) is 0 Å². The number of anilines is 6. The van der Waals surface area contributed by atoms with Crippen molar-refractivity contribution in [3.63, 3.8) is 0 Å². The Morgan fingerprint density at radius 3 is 0.984 bits per heavy atom. The maximum Gasteiger partial charge on any atom is 0.124 e. The predicted molar refractivity (Wildman–Crippen MR) is 256 cm³/mol. The zero-order valence-electron chi connectivity index (χ0n) is 33.4. The van der Waals surface area contributed by atoms with Gasteiger partial charge in [-0.2, -0.15) is 0 Å². The minimum absolute atomic E-state index is 0.156. The number of rotatable bonds is 12. The van der Waals surface area contributed by atoms with Crippen LogP contribution in [0.1, 0.15) is 11.1 Å². The van der Waals surface area contributed by atoms with Gasteiger partial charge in [-0.15, -0.1) is 0 Å². The fraction of sp³-hybridized carbons (Fsp3) is 0. The zero-order chi connectivity index (χ0) is 41.2. The molecule has 292 valence electrons. The number of hydrogen-bond donors (Lipinski definition) is 1. The first kappa shape index (κ1) is 38.2. The van der Waals surface area contributed by atoms with Crippen LogP contribution in [0.5, 0.6) is 5.75 Å². The van der Waals surface area contributed by atoms with Crippen molar-refractivity contribution in [1.29, 1.82) is 0 Å². The molecular weight excluding hydrogens is 745 g/mol. The normalized spacial score (nSPS) is 11.2. The van der Waals surface area contributed by atoms with Gasteiger partial charge in [-0.3, -0.25) is 9.98 Å². The largest absolute Gasteiger partial charge is 0.507 e. The van der Waals surface area contributed by atoms with Crippen LogP contribution in [0.4, 0.5) is 45.5 Å². The summed E-state index contributed by atoms with van der Waals surface area (Å²) in [6.45, 7) is 0. The first-order valence-electron chi connectivity index (χ1n) is 20.3. The molecule has 9 aromatic rings. The fourth-order valence-electron chi connectivity index (χ4n) is 7.34. The summed E-state index contributed by atoms with van der Waals surface area (Å²) in [6.07, 6.45) is 3.50. The number of aliphatic imine (C=N–C) groups is 2. The van der Waals surface area contributed by atoms with Crippen LogP contribution in [0.15, 0.2) is 247 Å². The SMILES string of the molecule is Oc1ccc(C=Nc2ccc(-c3ccc(N(c4ccccc4)c4ccccc4)cc3)cc2)cc1C=Nc1ccc(-c2ccc(N(c3ccccc3)c3ccccc3)cc2)cc1. The number of hydrogen-bond acceptors (Lipinski definition) is 5. The van der Waals surface area contributed by atoms with Crippen molar-refractivity contribution in [2.45, 2.75) is 0 Å². The Bertz CT molecular complexity index is 2780. The summed E-state index contributed by atoms with van der Waals surface area (Å²) in [7, 11) is 0. The second-order valence-electron chi connectivity index (χ2n) is 14.5. The predicted octanol–water partition coefficient (Wildman–Crippen LogP) is 15.2. The van der Waals surface area contributed by atoms with Crippen LogP contribution in [0.25, 0.3) is 22.3 Å². The average Bonchev–Trinajstić information content (AvgIpc) is 3.33. The van der Waals surface area contributed by atoms with Crippen molar-refractivity contribution < 1.29 is 5.11 Å². The Labute approximate surface area is 357 Å². The third kappa shape index (κ3) is 9.07. The molecule has 0 unspecified atom stereocenters. The van der Waals surface area contributed by atoms with Crippen molar-refractivity contribution in [2.24, 2.45) is 9.98 Å². The molecule has 0 aliphatic heterocycles. The summed E-state index contributed by atoms with van der Waals surface area (Å²) in [5.41, 5.74) is 14.1. The standard InChI is InChI=1S/C56H42N4O/c61-56-38-21-42(40-57-48-30-22-43(23-31-48)45-26-34-54(35-27-45)59(50-13-5-1-6-14-50)51-15-7-2-8-16-51)39-47(56)41-58-49-32-24-44(25-33-49)46-28-36-55(37-29-46)60(52-17-9-3-10-18-52)53-19-11-4-12-20-53/h1-41,61H. The number of nitrogens with zero attached hydrogens (tertiary/aromatic N) is 4. The highest BCUT2D eigenvalue weighted by Gasteiger charge is 2.13. The van der Waals surface area contributed by atoms with Gasteiger partial charge in [-0.25, -0.2) is 0 Å². The average molecular weight is 787 g/mol. The van der Waals surface area contributed by atoms with Crippen LogP contribution in [-0.2, 0) is 0 Å². The lowest BCUT2D eigenvalue weighted by atomic mass is 10.0. The van der Waals surface area contributed by atoms with E-state index in [-0.39, 0.29) is 5.75 Å². The van der Waals surface area contributed by atoms with Crippen LogP contribution in [0.2, 0.25) is 0 Å². The second kappa shape index (κ2) is 18.1. The molecular formula is C56H42N4O. The molecule has 0 saturated heterocycles. The van der Waals surface area contributed by atoms with Crippen LogP contribution >= 0.6 is 0 Å². The lowest BCUT2D eigenvalue weighted by Gasteiger charge is -2.25. The number of benzene rings is 9. The van der Waals surface area contributed by atoms with Crippen LogP contribution < -0.4 is 9.80 Å². The molecule has 5 heteroatoms. The summed E-state index contributed by atoms with van der Waals surface area (Å²) >= 11 is 0. The Kier molecular flexibility index (Phi) is 11.4. The number of phenols is 1. The van der Waals surface area contributed by atoms with E-state index in [9.17, 15) is 5.11 Å². The van der Waals surface area contributed by atoms with Gasteiger partial charge in [0.25, 0.3) is 0 Å². The monoisotopic (exact) mass is 786 g/mol. The van der Waals surface area contributed by atoms with Gasteiger partial charge in [0, 0.05) is 52.1 Å². The molecule has 1 N–H and O–H groups in total. The van der Waals surface area contributed by atoms with Gasteiger partial charge in [0.05, 0.1) is 11.4 Å². The maximum absolute atomic E-state index is 10.7. The van der Waals surface area contributed by atoms with Gasteiger partial charge < -0.3 is 14.9 Å². The third-order valence-electron chi connectivity index (χ3n) is 10.5. The Morgan fingerprint density at radius 2 is 0.623 bits per heavy atom. The molecule has 0 radical (unpaired) electrons. The fourth-order valence-corrected chi connectivity index (χ4v) is 7.34. The molecule has 0 fully saturated rings. The van der Waals surface area contributed by atoms with Crippen molar-refractivity contribution in [3.05, 3.63) is 248 Å². The molecule has 0 heterocycles. The van der Waals surface area contributed by atoms with Crippen molar-refractivity contribution >= 4 is 57.9 Å². The van der Waals surface area contributed by atoms with Crippen molar-refractivity contribution in [3.8, 4) is 28.0 Å². The molecule has 0 bridgehead atoms. The highest BCUT2D eigenvalue weighted by atomic mass is 16.3. The Balaban J connectivity index is 0.848. The summed E-state index contributed by atoms with van der Waals surface area (Å²) in [6, 6.07) is 80.6. The van der Waals surface area contributed by atoms with Gasteiger partial charge in [-0.05, 0) is 143 Å². The van der Waals surface area contributed by atoms with E-state index in [4.69, 9.17) is 4.99 Å². The zero-order valence-corrected chi connectivity index (χ0v) is 33.4. The first-order chi connectivity index (χ1) is 30.1. The molecule has 0 aliphatic rings. The van der Waals surface area contributed by atoms with E-state index in [1.807, 2.05) is 60.7 Å². The molecule has 61 heavy (non-hydrogen) atoms. The number of aromatic hydroxyl groups is 1. The maximum atomic E-state index is 10.7. The van der Waals surface area contributed by atoms with Gasteiger partial charge >= 0.3 is 0 Å². The topological polar surface area (TPSA) is 51.4 Å². The third-order valence-corrected chi connectivity index (χ3v) is 10.5. The summed E-state index contributed by atoms with van der Waals surface area (Å²) in [5.74, 6) is 0.156. The lowest BCUT2D eigenvalue weighted by molar-refractivity contribution is 0.474. The molecule has 5 nitrogen and oxygen atoms in total. The van der Waals surface area contributed by atoms with Gasteiger partial charge in [-0.1, -0.05) is 121 Å². The van der Waals surface area contributed by atoms with E-state index in [0.29, 0.717) is 5.56 Å². The molecule has 0 saturated carbocycles. The molecule has 9 rings (SSSR count). The van der Waals surface area contributed by atoms with E-state index < -0.39 is 0 Å². The van der Waals surface area contributed by atoms with E-state index >= 15 is 0 Å².